The predicted molar refractivity (Wildman–Crippen MR) is 82.2 cm³/mol. The molecular formula is C16H23N3O4. The van der Waals surface area contributed by atoms with Crippen molar-refractivity contribution in [3.05, 3.63) is 11.8 Å². The van der Waals surface area contributed by atoms with Gasteiger partial charge in [-0.15, -0.1) is 0 Å². The second kappa shape index (κ2) is 6.59. The standard InChI is InChI=1S/C16H23N3O4/c20-16(15-12-3-5-22-8-11(12)9-23-15)17-14-6-13(18-19-14)10-2-1-4-21-7-10/h6,10-12,15H,1-5,7-9H2,(H2,17,18,19,20). The maximum Gasteiger partial charge on any atom is 0.255 e. The van der Waals surface area contributed by atoms with Gasteiger partial charge < -0.3 is 19.5 Å². The van der Waals surface area contributed by atoms with Gasteiger partial charge in [0.25, 0.3) is 5.91 Å². The van der Waals surface area contributed by atoms with E-state index in [1.54, 1.807) is 0 Å². The molecule has 4 atom stereocenters. The molecule has 3 aliphatic rings. The minimum Gasteiger partial charge on any atom is -0.381 e. The number of ether oxygens (including phenoxy) is 3. The second-order valence-corrected chi connectivity index (χ2v) is 6.65. The third kappa shape index (κ3) is 3.13. The molecule has 3 fully saturated rings. The van der Waals surface area contributed by atoms with E-state index < -0.39 is 0 Å². The molecule has 4 heterocycles. The van der Waals surface area contributed by atoms with Crippen LogP contribution < -0.4 is 5.32 Å². The monoisotopic (exact) mass is 321 g/mol. The number of nitrogens with zero attached hydrogens (tertiary/aromatic N) is 1. The van der Waals surface area contributed by atoms with Crippen molar-refractivity contribution in [3.63, 3.8) is 0 Å². The van der Waals surface area contributed by atoms with Crippen molar-refractivity contribution in [3.8, 4) is 0 Å². The maximum absolute atomic E-state index is 12.5. The Morgan fingerprint density at radius 1 is 1.22 bits per heavy atom. The van der Waals surface area contributed by atoms with Crippen molar-refractivity contribution in [1.29, 1.82) is 0 Å². The summed E-state index contributed by atoms with van der Waals surface area (Å²) in [4.78, 5) is 12.5. The third-order valence-electron chi connectivity index (χ3n) is 5.12. The summed E-state index contributed by atoms with van der Waals surface area (Å²) in [7, 11) is 0. The smallest absolute Gasteiger partial charge is 0.255 e. The summed E-state index contributed by atoms with van der Waals surface area (Å²) < 4.78 is 16.7. The van der Waals surface area contributed by atoms with Gasteiger partial charge in [0.2, 0.25) is 0 Å². The zero-order valence-electron chi connectivity index (χ0n) is 13.1. The summed E-state index contributed by atoms with van der Waals surface area (Å²) in [6.45, 7) is 3.56. The number of hydrogen-bond donors (Lipinski definition) is 2. The van der Waals surface area contributed by atoms with Crippen molar-refractivity contribution in [2.75, 3.05) is 38.4 Å². The highest BCUT2D eigenvalue weighted by Crippen LogP contribution is 2.34. The molecule has 0 aromatic carbocycles. The summed E-state index contributed by atoms with van der Waals surface area (Å²) >= 11 is 0. The molecule has 1 amide bonds. The van der Waals surface area contributed by atoms with Crippen LogP contribution in [0.25, 0.3) is 0 Å². The van der Waals surface area contributed by atoms with E-state index in [2.05, 4.69) is 15.5 Å². The average Bonchev–Trinajstić information content (AvgIpc) is 3.22. The Labute approximate surface area is 135 Å². The molecule has 0 radical (unpaired) electrons. The van der Waals surface area contributed by atoms with Crippen LogP contribution >= 0.6 is 0 Å². The zero-order valence-corrected chi connectivity index (χ0v) is 13.1. The number of amides is 1. The summed E-state index contributed by atoms with van der Waals surface area (Å²) in [5.41, 5.74) is 1.02. The highest BCUT2D eigenvalue weighted by Gasteiger charge is 2.43. The Bertz CT molecular complexity index is 555. The number of H-pyrrole nitrogens is 1. The Balaban J connectivity index is 1.38. The van der Waals surface area contributed by atoms with Gasteiger partial charge >= 0.3 is 0 Å². The minimum atomic E-state index is -0.387. The number of aromatic nitrogens is 2. The van der Waals surface area contributed by atoms with E-state index in [1.165, 1.54) is 0 Å². The van der Waals surface area contributed by atoms with E-state index in [-0.39, 0.29) is 17.9 Å². The molecule has 3 saturated heterocycles. The van der Waals surface area contributed by atoms with Crippen LogP contribution in [0.5, 0.6) is 0 Å². The van der Waals surface area contributed by atoms with Gasteiger partial charge in [-0.1, -0.05) is 0 Å². The summed E-state index contributed by atoms with van der Waals surface area (Å²) in [5, 5.41) is 10.1. The topological polar surface area (TPSA) is 85.5 Å². The molecule has 2 N–H and O–H groups in total. The highest BCUT2D eigenvalue weighted by atomic mass is 16.5. The second-order valence-electron chi connectivity index (χ2n) is 6.65. The van der Waals surface area contributed by atoms with Crippen LogP contribution in [-0.4, -0.2) is 55.2 Å². The van der Waals surface area contributed by atoms with Gasteiger partial charge in [-0.05, 0) is 19.3 Å². The lowest BCUT2D eigenvalue weighted by atomic mass is 9.86. The van der Waals surface area contributed by atoms with Gasteiger partial charge in [-0.2, -0.15) is 5.10 Å². The Kier molecular flexibility index (Phi) is 4.33. The molecule has 3 aliphatic heterocycles. The number of anilines is 1. The van der Waals surface area contributed by atoms with Crippen LogP contribution in [0, 0.1) is 11.8 Å². The SMILES string of the molecule is O=C(Nc1cc(C2CCCOC2)[nH]n1)C1OCC2COCCC21. The number of aromatic amines is 1. The number of rotatable bonds is 3. The molecule has 4 unspecified atom stereocenters. The van der Waals surface area contributed by atoms with Gasteiger partial charge in [-0.25, -0.2) is 0 Å². The van der Waals surface area contributed by atoms with Gasteiger partial charge in [0.1, 0.15) is 6.10 Å². The number of carbonyl (C=O) groups is 1. The molecule has 0 spiro atoms. The van der Waals surface area contributed by atoms with Crippen molar-refractivity contribution in [2.24, 2.45) is 11.8 Å². The van der Waals surface area contributed by atoms with Crippen molar-refractivity contribution in [1.82, 2.24) is 10.2 Å². The van der Waals surface area contributed by atoms with Crippen LogP contribution in [0.4, 0.5) is 5.82 Å². The van der Waals surface area contributed by atoms with Crippen LogP contribution in [0.1, 0.15) is 30.9 Å². The molecule has 0 bridgehead atoms. The first-order chi connectivity index (χ1) is 11.3. The van der Waals surface area contributed by atoms with E-state index in [9.17, 15) is 4.79 Å². The normalized spacial score (nSPS) is 34.1. The van der Waals surface area contributed by atoms with Gasteiger partial charge in [0.05, 0.1) is 19.8 Å². The predicted octanol–water partition coefficient (Wildman–Crippen LogP) is 1.29. The quantitative estimate of drug-likeness (QED) is 0.876. The lowest BCUT2D eigenvalue weighted by Crippen LogP contribution is -2.37. The van der Waals surface area contributed by atoms with Crippen LogP contribution in [0.2, 0.25) is 0 Å². The molecule has 4 rings (SSSR count). The summed E-state index contributed by atoms with van der Waals surface area (Å²) in [6.07, 6.45) is 2.65. The molecule has 1 aromatic heterocycles. The maximum atomic E-state index is 12.5. The first kappa shape index (κ1) is 15.1. The van der Waals surface area contributed by atoms with Gasteiger partial charge in [-0.3, -0.25) is 9.89 Å². The van der Waals surface area contributed by atoms with Gasteiger partial charge in [0, 0.05) is 42.7 Å². The fourth-order valence-corrected chi connectivity index (χ4v) is 3.80. The highest BCUT2D eigenvalue weighted by molar-refractivity contribution is 5.93. The first-order valence-electron chi connectivity index (χ1n) is 8.44. The average molecular weight is 321 g/mol. The molecule has 126 valence electrons. The number of hydrogen-bond acceptors (Lipinski definition) is 5. The fraction of sp³-hybridized carbons (Fsp3) is 0.750. The Morgan fingerprint density at radius 2 is 2.13 bits per heavy atom. The molecular weight excluding hydrogens is 298 g/mol. The largest absolute Gasteiger partial charge is 0.381 e. The van der Waals surface area contributed by atoms with Crippen LogP contribution in [-0.2, 0) is 19.0 Å². The van der Waals surface area contributed by atoms with E-state index in [4.69, 9.17) is 14.2 Å². The summed E-state index contributed by atoms with van der Waals surface area (Å²) in [5.74, 6) is 1.40. The Morgan fingerprint density at radius 3 is 3.00 bits per heavy atom. The lowest BCUT2D eigenvalue weighted by molar-refractivity contribution is -0.126. The summed E-state index contributed by atoms with van der Waals surface area (Å²) in [6, 6.07) is 1.91. The molecule has 0 saturated carbocycles. The first-order valence-corrected chi connectivity index (χ1v) is 8.44. The molecule has 1 aromatic rings. The van der Waals surface area contributed by atoms with E-state index in [1.807, 2.05) is 6.07 Å². The minimum absolute atomic E-state index is 0.0997. The Hall–Kier alpha value is -1.44. The number of carbonyl (C=O) groups excluding carboxylic acids is 1. The lowest BCUT2D eigenvalue weighted by Gasteiger charge is -2.26. The molecule has 7 nitrogen and oxygen atoms in total. The molecule has 0 aliphatic carbocycles. The van der Waals surface area contributed by atoms with E-state index in [0.29, 0.717) is 44.1 Å². The zero-order chi connectivity index (χ0) is 15.6. The van der Waals surface area contributed by atoms with Gasteiger partial charge in [0.15, 0.2) is 5.82 Å². The molecule has 23 heavy (non-hydrogen) atoms. The van der Waals surface area contributed by atoms with E-state index >= 15 is 0 Å². The van der Waals surface area contributed by atoms with Crippen molar-refractivity contribution in [2.45, 2.75) is 31.3 Å². The van der Waals surface area contributed by atoms with E-state index in [0.717, 1.165) is 31.6 Å². The number of fused-ring (bicyclic) bond motifs is 1. The van der Waals surface area contributed by atoms with Crippen molar-refractivity contribution >= 4 is 11.7 Å². The fourth-order valence-electron chi connectivity index (χ4n) is 3.80. The van der Waals surface area contributed by atoms with Crippen LogP contribution in [0.3, 0.4) is 0 Å². The van der Waals surface area contributed by atoms with Crippen molar-refractivity contribution < 1.29 is 19.0 Å². The molecule has 7 heteroatoms. The third-order valence-corrected chi connectivity index (χ3v) is 5.12. The van der Waals surface area contributed by atoms with Crippen LogP contribution in [0.15, 0.2) is 6.07 Å². The number of nitrogens with one attached hydrogen (secondary N) is 2.